The van der Waals surface area contributed by atoms with Crippen LogP contribution in [0.5, 0.6) is 0 Å². The number of ketones is 1. The van der Waals surface area contributed by atoms with Crippen molar-refractivity contribution in [2.45, 2.75) is 24.9 Å². The van der Waals surface area contributed by atoms with Crippen LogP contribution in [0.1, 0.15) is 6.92 Å². The molecule has 2 N–H and O–H groups in total. The second-order valence-electron chi connectivity index (χ2n) is 3.17. The Morgan fingerprint density at radius 3 is 2.92 bits per heavy atom. The molecule has 0 aliphatic carbocycles. The van der Waals surface area contributed by atoms with E-state index in [1.54, 1.807) is 0 Å². The fourth-order valence-corrected chi connectivity index (χ4v) is 1.44. The van der Waals surface area contributed by atoms with Crippen LogP contribution in [0.2, 0.25) is 0 Å². The molecule has 0 saturated carbocycles. The van der Waals surface area contributed by atoms with Crippen LogP contribution in [0.4, 0.5) is 0 Å². The Morgan fingerprint density at radius 1 is 1.77 bits per heavy atom. The summed E-state index contributed by atoms with van der Waals surface area (Å²) in [5.41, 5.74) is -1.21. The zero-order valence-corrected chi connectivity index (χ0v) is 7.06. The first-order valence-electron chi connectivity index (χ1n) is 3.99. The molecule has 5 nitrogen and oxygen atoms in total. The van der Waals surface area contributed by atoms with Crippen LogP contribution in [0.25, 0.3) is 0 Å². The topological polar surface area (TPSA) is 79.3 Å². The van der Waals surface area contributed by atoms with Crippen LogP contribution in [0.15, 0.2) is 11.8 Å². The summed E-state index contributed by atoms with van der Waals surface area (Å²) in [6.07, 6.45) is -0.468. The van der Waals surface area contributed by atoms with Gasteiger partial charge in [-0.05, 0) is 6.92 Å². The molecule has 0 spiro atoms. The van der Waals surface area contributed by atoms with Gasteiger partial charge in [-0.2, -0.15) is 0 Å². The molecule has 72 valence electrons. The van der Waals surface area contributed by atoms with Crippen molar-refractivity contribution in [3.63, 3.8) is 0 Å². The van der Waals surface area contributed by atoms with Gasteiger partial charge in [-0.3, -0.25) is 4.79 Å². The molecule has 2 aliphatic rings. The largest absolute Gasteiger partial charge is 0.463 e. The standard InChI is InChI=1S/C8H10O5/c1-4(10)8-6(11)2-5(3-9)12-7(8)13-8/h2,4,7,9-10H,3H2,1H3/t4-,7-,8-/m0/s1. The monoisotopic (exact) mass is 186 g/mol. The maximum atomic E-state index is 11.4. The molecule has 13 heavy (non-hydrogen) atoms. The molecule has 3 atom stereocenters. The van der Waals surface area contributed by atoms with Crippen LogP contribution in [0.3, 0.4) is 0 Å². The van der Waals surface area contributed by atoms with E-state index < -0.39 is 18.0 Å². The molecule has 2 heterocycles. The summed E-state index contributed by atoms with van der Waals surface area (Å²) in [5.74, 6) is -0.161. The molecule has 0 aromatic rings. The first-order chi connectivity index (χ1) is 6.11. The summed E-state index contributed by atoms with van der Waals surface area (Å²) >= 11 is 0. The Morgan fingerprint density at radius 2 is 2.46 bits per heavy atom. The number of carbonyl (C=O) groups is 1. The van der Waals surface area contributed by atoms with Crippen molar-refractivity contribution in [3.05, 3.63) is 11.8 Å². The number of carbonyl (C=O) groups excluding carboxylic acids is 1. The van der Waals surface area contributed by atoms with Gasteiger partial charge in [0.1, 0.15) is 12.4 Å². The molecule has 2 rings (SSSR count). The molecule has 1 saturated heterocycles. The van der Waals surface area contributed by atoms with Gasteiger partial charge in [-0.1, -0.05) is 0 Å². The van der Waals surface area contributed by atoms with Crippen molar-refractivity contribution in [3.8, 4) is 0 Å². The highest BCUT2D eigenvalue weighted by Gasteiger charge is 2.69. The lowest BCUT2D eigenvalue weighted by atomic mass is 9.96. The summed E-state index contributed by atoms with van der Waals surface area (Å²) in [6.45, 7) is 1.14. The van der Waals surface area contributed by atoms with Crippen LogP contribution in [0, 0.1) is 0 Å². The summed E-state index contributed by atoms with van der Waals surface area (Å²) in [5, 5.41) is 18.0. The summed E-state index contributed by atoms with van der Waals surface area (Å²) in [6, 6.07) is 0. The summed E-state index contributed by atoms with van der Waals surface area (Å²) in [7, 11) is 0. The predicted octanol–water partition coefficient (Wildman–Crippen LogP) is -1.06. The number of rotatable bonds is 2. The number of epoxide rings is 1. The molecule has 0 bridgehead atoms. The van der Waals surface area contributed by atoms with Crippen molar-refractivity contribution in [1.29, 1.82) is 0 Å². The fraction of sp³-hybridized carbons (Fsp3) is 0.625. The number of hydrogen-bond acceptors (Lipinski definition) is 5. The number of fused-ring (bicyclic) bond motifs is 1. The van der Waals surface area contributed by atoms with Crippen molar-refractivity contribution in [1.82, 2.24) is 0 Å². The third kappa shape index (κ3) is 1.01. The van der Waals surface area contributed by atoms with Crippen molar-refractivity contribution in [2.24, 2.45) is 0 Å². The lowest BCUT2D eigenvalue weighted by Crippen LogP contribution is -2.40. The van der Waals surface area contributed by atoms with Gasteiger partial charge in [-0.25, -0.2) is 0 Å². The second-order valence-corrected chi connectivity index (χ2v) is 3.17. The minimum atomic E-state index is -1.21. The van der Waals surface area contributed by atoms with Gasteiger partial charge in [-0.15, -0.1) is 0 Å². The minimum absolute atomic E-state index is 0.184. The molecule has 5 heteroatoms. The normalized spacial score (nSPS) is 38.8. The van der Waals surface area contributed by atoms with Crippen LogP contribution in [-0.2, 0) is 14.3 Å². The third-order valence-corrected chi connectivity index (χ3v) is 2.31. The maximum Gasteiger partial charge on any atom is 0.240 e. The third-order valence-electron chi connectivity index (χ3n) is 2.31. The molecular formula is C8H10O5. The van der Waals surface area contributed by atoms with Gasteiger partial charge >= 0.3 is 0 Å². The smallest absolute Gasteiger partial charge is 0.240 e. The zero-order valence-electron chi connectivity index (χ0n) is 7.06. The molecule has 2 aliphatic heterocycles. The molecule has 0 aromatic heterocycles. The second kappa shape index (κ2) is 2.54. The van der Waals surface area contributed by atoms with Gasteiger partial charge in [0.25, 0.3) is 0 Å². The summed E-state index contributed by atoms with van der Waals surface area (Å²) in [4.78, 5) is 11.4. The lowest BCUT2D eigenvalue weighted by Gasteiger charge is -2.17. The molecule has 0 unspecified atom stereocenters. The first kappa shape index (κ1) is 8.68. The molecule has 0 radical (unpaired) electrons. The predicted molar refractivity (Wildman–Crippen MR) is 40.5 cm³/mol. The van der Waals surface area contributed by atoms with Crippen molar-refractivity contribution in [2.75, 3.05) is 6.61 Å². The highest BCUT2D eigenvalue weighted by atomic mass is 16.8. The highest BCUT2D eigenvalue weighted by molar-refractivity contribution is 6.01. The Balaban J connectivity index is 2.24. The Bertz CT molecular complexity index is 282. The molecule has 0 amide bonds. The van der Waals surface area contributed by atoms with Crippen LogP contribution < -0.4 is 0 Å². The van der Waals surface area contributed by atoms with E-state index in [1.807, 2.05) is 0 Å². The molecule has 0 aromatic carbocycles. The number of hydrogen-bond donors (Lipinski definition) is 2. The van der Waals surface area contributed by atoms with Crippen molar-refractivity contribution >= 4 is 5.78 Å². The Kier molecular flexibility index (Phi) is 1.69. The van der Waals surface area contributed by atoms with Gasteiger partial charge in [0.15, 0.2) is 5.78 Å². The maximum absolute atomic E-state index is 11.4. The van der Waals surface area contributed by atoms with E-state index in [-0.39, 0.29) is 18.1 Å². The Hall–Kier alpha value is -0.910. The quantitative estimate of drug-likeness (QED) is 0.537. The average molecular weight is 186 g/mol. The average Bonchev–Trinajstić information content (AvgIpc) is 2.80. The van der Waals surface area contributed by atoms with E-state index in [1.165, 1.54) is 6.92 Å². The summed E-state index contributed by atoms with van der Waals surface area (Å²) < 4.78 is 10.0. The van der Waals surface area contributed by atoms with Gasteiger partial charge in [0.2, 0.25) is 11.9 Å². The van der Waals surface area contributed by atoms with Crippen molar-refractivity contribution < 1.29 is 24.5 Å². The van der Waals surface area contributed by atoms with E-state index in [0.29, 0.717) is 0 Å². The lowest BCUT2D eigenvalue weighted by molar-refractivity contribution is -0.124. The molecular weight excluding hydrogens is 176 g/mol. The zero-order chi connectivity index (χ0) is 9.64. The van der Waals surface area contributed by atoms with E-state index in [4.69, 9.17) is 14.6 Å². The minimum Gasteiger partial charge on any atom is -0.463 e. The number of ether oxygens (including phenoxy) is 2. The number of aliphatic hydroxyl groups is 2. The Labute approximate surface area is 74.6 Å². The first-order valence-corrected chi connectivity index (χ1v) is 3.99. The van der Waals surface area contributed by atoms with Crippen LogP contribution in [-0.4, -0.2) is 40.6 Å². The highest BCUT2D eigenvalue weighted by Crippen LogP contribution is 2.45. The van der Waals surface area contributed by atoms with Gasteiger partial charge < -0.3 is 19.7 Å². The SMILES string of the molecule is C[C@H](O)[C@@]12O[C@@H]1OC(CO)=CC2=O. The van der Waals surface area contributed by atoms with Crippen LogP contribution >= 0.6 is 0 Å². The molecule has 1 fully saturated rings. The fourth-order valence-electron chi connectivity index (χ4n) is 1.44. The van der Waals surface area contributed by atoms with E-state index in [0.717, 1.165) is 6.08 Å². The number of aliphatic hydroxyl groups excluding tert-OH is 2. The van der Waals surface area contributed by atoms with Gasteiger partial charge in [0, 0.05) is 6.08 Å². The van der Waals surface area contributed by atoms with E-state index in [9.17, 15) is 9.90 Å². The van der Waals surface area contributed by atoms with E-state index >= 15 is 0 Å². The van der Waals surface area contributed by atoms with Gasteiger partial charge in [0.05, 0.1) is 6.10 Å². The van der Waals surface area contributed by atoms with E-state index in [2.05, 4.69) is 0 Å².